The second-order valence-electron chi connectivity index (χ2n) is 6.22. The van der Waals surface area contributed by atoms with E-state index in [1.165, 1.54) is 13.2 Å². The van der Waals surface area contributed by atoms with E-state index in [1.54, 1.807) is 54.6 Å². The van der Waals surface area contributed by atoms with Crippen LogP contribution in [0.15, 0.2) is 78.9 Å². The van der Waals surface area contributed by atoms with E-state index in [0.29, 0.717) is 22.7 Å². The smallest absolute Gasteiger partial charge is 0.339 e. The Morgan fingerprint density at radius 3 is 2.33 bits per heavy atom. The normalized spacial score (nSPS) is 10.0. The van der Waals surface area contributed by atoms with Crippen LogP contribution in [0.5, 0.6) is 5.75 Å². The standard InChI is InChI=1S/C23H20N2O5/c1-29-23(28)19-12-5-6-13-20(19)25-22(27)16-8-7-9-17(14-16)24-21(26)15-30-18-10-3-2-4-11-18/h2-14H,15H2,1H3,(H,24,26)(H,25,27). The summed E-state index contributed by atoms with van der Waals surface area (Å²) in [6.45, 7) is -0.160. The van der Waals surface area contributed by atoms with E-state index in [2.05, 4.69) is 10.6 Å². The van der Waals surface area contributed by atoms with E-state index in [1.807, 2.05) is 18.2 Å². The lowest BCUT2D eigenvalue weighted by Crippen LogP contribution is -2.20. The van der Waals surface area contributed by atoms with E-state index >= 15 is 0 Å². The van der Waals surface area contributed by atoms with Gasteiger partial charge < -0.3 is 20.1 Å². The molecule has 0 aromatic heterocycles. The minimum atomic E-state index is -0.551. The van der Waals surface area contributed by atoms with Crippen LogP contribution in [-0.4, -0.2) is 31.5 Å². The maximum Gasteiger partial charge on any atom is 0.339 e. The van der Waals surface area contributed by atoms with Crippen LogP contribution in [0.1, 0.15) is 20.7 Å². The van der Waals surface area contributed by atoms with Gasteiger partial charge in [-0.05, 0) is 42.5 Å². The molecule has 0 aliphatic carbocycles. The van der Waals surface area contributed by atoms with Crippen molar-refractivity contribution in [1.82, 2.24) is 0 Å². The average molecular weight is 404 g/mol. The van der Waals surface area contributed by atoms with Gasteiger partial charge in [0.1, 0.15) is 5.75 Å². The first-order valence-electron chi connectivity index (χ1n) is 9.13. The van der Waals surface area contributed by atoms with Crippen molar-refractivity contribution in [3.8, 4) is 5.75 Å². The molecule has 0 radical (unpaired) electrons. The molecule has 0 aliphatic heterocycles. The van der Waals surface area contributed by atoms with Gasteiger partial charge >= 0.3 is 5.97 Å². The summed E-state index contributed by atoms with van der Waals surface area (Å²) in [6.07, 6.45) is 0. The minimum absolute atomic E-state index is 0.160. The molecule has 0 aliphatic rings. The zero-order valence-electron chi connectivity index (χ0n) is 16.3. The van der Waals surface area contributed by atoms with Gasteiger partial charge in [0.05, 0.1) is 18.4 Å². The zero-order chi connectivity index (χ0) is 21.3. The minimum Gasteiger partial charge on any atom is -0.484 e. The predicted molar refractivity (Wildman–Crippen MR) is 113 cm³/mol. The molecule has 3 aromatic rings. The first-order valence-corrected chi connectivity index (χ1v) is 9.13. The molecule has 0 heterocycles. The lowest BCUT2D eigenvalue weighted by atomic mass is 10.1. The molecular weight excluding hydrogens is 384 g/mol. The van der Waals surface area contributed by atoms with Crippen molar-refractivity contribution in [3.05, 3.63) is 90.0 Å². The summed E-state index contributed by atoms with van der Waals surface area (Å²) in [6, 6.07) is 22.0. The third-order valence-corrected chi connectivity index (χ3v) is 4.10. The van der Waals surface area contributed by atoms with Gasteiger partial charge in [-0.15, -0.1) is 0 Å². The maximum absolute atomic E-state index is 12.6. The number of methoxy groups -OCH3 is 1. The van der Waals surface area contributed by atoms with E-state index < -0.39 is 11.9 Å². The fourth-order valence-electron chi connectivity index (χ4n) is 2.68. The Bertz CT molecular complexity index is 1050. The molecule has 7 heteroatoms. The topological polar surface area (TPSA) is 93.7 Å². The number of esters is 1. The van der Waals surface area contributed by atoms with Crippen molar-refractivity contribution < 1.29 is 23.9 Å². The highest BCUT2D eigenvalue weighted by Crippen LogP contribution is 2.18. The highest BCUT2D eigenvalue weighted by Gasteiger charge is 2.15. The predicted octanol–water partition coefficient (Wildman–Crippen LogP) is 3.74. The fourth-order valence-corrected chi connectivity index (χ4v) is 2.68. The van der Waals surface area contributed by atoms with Gasteiger partial charge in [-0.1, -0.05) is 36.4 Å². The zero-order valence-corrected chi connectivity index (χ0v) is 16.3. The Labute approximate surface area is 173 Å². The number of para-hydroxylation sites is 2. The Kier molecular flexibility index (Phi) is 6.78. The Hall–Kier alpha value is -4.13. The van der Waals surface area contributed by atoms with Gasteiger partial charge in [0.25, 0.3) is 11.8 Å². The summed E-state index contributed by atoms with van der Waals surface area (Å²) in [5, 5.41) is 5.38. The van der Waals surface area contributed by atoms with Crippen LogP contribution in [0.3, 0.4) is 0 Å². The van der Waals surface area contributed by atoms with Crippen molar-refractivity contribution in [3.63, 3.8) is 0 Å². The number of benzene rings is 3. The fraction of sp³-hybridized carbons (Fsp3) is 0.0870. The molecule has 0 fully saturated rings. The van der Waals surface area contributed by atoms with Crippen LogP contribution in [0, 0.1) is 0 Å². The molecule has 0 saturated heterocycles. The average Bonchev–Trinajstić information content (AvgIpc) is 2.78. The number of hydrogen-bond donors (Lipinski definition) is 2. The summed E-state index contributed by atoms with van der Waals surface area (Å²) in [4.78, 5) is 36.6. The van der Waals surface area contributed by atoms with Crippen molar-refractivity contribution in [2.24, 2.45) is 0 Å². The Morgan fingerprint density at radius 2 is 1.57 bits per heavy atom. The Balaban J connectivity index is 1.64. The van der Waals surface area contributed by atoms with Gasteiger partial charge in [-0.3, -0.25) is 9.59 Å². The van der Waals surface area contributed by atoms with Gasteiger partial charge in [-0.25, -0.2) is 4.79 Å². The maximum atomic E-state index is 12.6. The SMILES string of the molecule is COC(=O)c1ccccc1NC(=O)c1cccc(NC(=O)COc2ccccc2)c1. The first-order chi connectivity index (χ1) is 14.6. The molecule has 3 aromatic carbocycles. The molecule has 0 spiro atoms. The van der Waals surface area contributed by atoms with Crippen LogP contribution in [0.2, 0.25) is 0 Å². The molecule has 0 bridgehead atoms. The second-order valence-corrected chi connectivity index (χ2v) is 6.22. The van der Waals surface area contributed by atoms with Crippen molar-refractivity contribution in [2.75, 3.05) is 24.4 Å². The number of nitrogens with one attached hydrogen (secondary N) is 2. The molecule has 2 amide bonds. The summed E-state index contributed by atoms with van der Waals surface area (Å²) >= 11 is 0. The van der Waals surface area contributed by atoms with E-state index in [9.17, 15) is 14.4 Å². The largest absolute Gasteiger partial charge is 0.484 e. The molecule has 0 saturated carbocycles. The molecule has 152 valence electrons. The number of carbonyl (C=O) groups is 3. The number of anilines is 2. The number of ether oxygens (including phenoxy) is 2. The summed E-state index contributed by atoms with van der Waals surface area (Å²) < 4.78 is 10.1. The molecule has 30 heavy (non-hydrogen) atoms. The van der Waals surface area contributed by atoms with E-state index in [0.717, 1.165) is 0 Å². The van der Waals surface area contributed by atoms with Crippen LogP contribution in [-0.2, 0) is 9.53 Å². The quantitative estimate of drug-likeness (QED) is 0.585. The summed E-state index contributed by atoms with van der Waals surface area (Å²) in [7, 11) is 1.27. The van der Waals surface area contributed by atoms with Crippen molar-refractivity contribution in [2.45, 2.75) is 0 Å². The highest BCUT2D eigenvalue weighted by atomic mass is 16.5. The van der Waals surface area contributed by atoms with Crippen LogP contribution < -0.4 is 15.4 Å². The van der Waals surface area contributed by atoms with Crippen LogP contribution in [0.4, 0.5) is 11.4 Å². The van der Waals surface area contributed by atoms with E-state index in [-0.39, 0.29) is 18.1 Å². The van der Waals surface area contributed by atoms with Gasteiger partial charge in [-0.2, -0.15) is 0 Å². The third-order valence-electron chi connectivity index (χ3n) is 4.10. The van der Waals surface area contributed by atoms with Crippen LogP contribution in [0.25, 0.3) is 0 Å². The van der Waals surface area contributed by atoms with Crippen LogP contribution >= 0.6 is 0 Å². The lowest BCUT2D eigenvalue weighted by molar-refractivity contribution is -0.118. The second kappa shape index (κ2) is 9.88. The van der Waals surface area contributed by atoms with Gasteiger partial charge in [0.15, 0.2) is 6.61 Å². The summed E-state index contributed by atoms with van der Waals surface area (Å²) in [5.41, 5.74) is 1.35. The monoisotopic (exact) mass is 404 g/mol. The van der Waals surface area contributed by atoms with E-state index in [4.69, 9.17) is 9.47 Å². The molecule has 0 atom stereocenters. The third kappa shape index (κ3) is 5.45. The summed E-state index contributed by atoms with van der Waals surface area (Å²) in [5.74, 6) is -0.745. The number of rotatable bonds is 7. The van der Waals surface area contributed by atoms with Gasteiger partial charge in [0.2, 0.25) is 0 Å². The highest BCUT2D eigenvalue weighted by molar-refractivity contribution is 6.08. The molecule has 2 N–H and O–H groups in total. The molecule has 0 unspecified atom stereocenters. The molecular formula is C23H20N2O5. The number of hydrogen-bond acceptors (Lipinski definition) is 5. The van der Waals surface area contributed by atoms with Crippen molar-refractivity contribution >= 4 is 29.2 Å². The molecule has 7 nitrogen and oxygen atoms in total. The van der Waals surface area contributed by atoms with Crippen molar-refractivity contribution in [1.29, 1.82) is 0 Å². The Morgan fingerprint density at radius 1 is 0.833 bits per heavy atom. The lowest BCUT2D eigenvalue weighted by Gasteiger charge is -2.11. The number of amides is 2. The molecule has 3 rings (SSSR count). The first kappa shape index (κ1) is 20.6. The number of carbonyl (C=O) groups excluding carboxylic acids is 3. The van der Waals surface area contributed by atoms with Gasteiger partial charge in [0, 0.05) is 11.3 Å².